The number of nitrogens with two attached hydrogens (primary N) is 1. The second-order valence-corrected chi connectivity index (χ2v) is 3.24. The molecular formula is C8H7ClF3N3O4. The first-order chi connectivity index (χ1) is 8.16. The summed E-state index contributed by atoms with van der Waals surface area (Å²) in [6.07, 6.45) is -5.02. The van der Waals surface area contributed by atoms with E-state index in [0.29, 0.717) is 0 Å². The standard InChI is InChI=1S/C8H6F3N3O4.ClH/c9-8(10,11)7(12)6-4(13(15)16)2-1-3-5(6)14(17)18;/h1-3,7H,12H2;1H/t7-;/m1./s1. The Morgan fingerprint density at radius 3 is 1.74 bits per heavy atom. The lowest BCUT2D eigenvalue weighted by Crippen LogP contribution is -2.29. The van der Waals surface area contributed by atoms with E-state index in [-0.39, 0.29) is 12.4 Å². The van der Waals surface area contributed by atoms with Crippen molar-refractivity contribution in [3.05, 3.63) is 44.0 Å². The van der Waals surface area contributed by atoms with E-state index in [1.807, 2.05) is 0 Å². The van der Waals surface area contributed by atoms with Crippen molar-refractivity contribution in [2.75, 3.05) is 0 Å². The zero-order chi connectivity index (χ0) is 14.1. The molecule has 0 amide bonds. The minimum absolute atomic E-state index is 0. The molecule has 1 atom stereocenters. The normalized spacial score (nSPS) is 12.4. The Morgan fingerprint density at radius 1 is 1.11 bits per heavy atom. The van der Waals surface area contributed by atoms with E-state index >= 15 is 0 Å². The van der Waals surface area contributed by atoms with Crippen LogP contribution in [-0.4, -0.2) is 16.0 Å². The molecule has 0 aliphatic carbocycles. The Labute approximate surface area is 109 Å². The van der Waals surface area contributed by atoms with Crippen molar-refractivity contribution in [3.8, 4) is 0 Å². The minimum Gasteiger partial charge on any atom is -0.316 e. The van der Waals surface area contributed by atoms with E-state index in [9.17, 15) is 33.4 Å². The van der Waals surface area contributed by atoms with Crippen LogP contribution in [0.3, 0.4) is 0 Å². The zero-order valence-electron chi connectivity index (χ0n) is 8.96. The largest absolute Gasteiger partial charge is 0.408 e. The molecule has 1 rings (SSSR count). The van der Waals surface area contributed by atoms with Crippen LogP contribution in [0.4, 0.5) is 24.5 Å². The van der Waals surface area contributed by atoms with Crippen LogP contribution in [0.1, 0.15) is 11.6 Å². The summed E-state index contributed by atoms with van der Waals surface area (Å²) in [5.41, 5.74) is 1.60. The lowest BCUT2D eigenvalue weighted by atomic mass is 10.0. The smallest absolute Gasteiger partial charge is 0.316 e. The van der Waals surface area contributed by atoms with Crippen LogP contribution >= 0.6 is 12.4 Å². The molecule has 0 radical (unpaired) electrons. The molecule has 0 unspecified atom stereocenters. The van der Waals surface area contributed by atoms with Crippen LogP contribution in [-0.2, 0) is 0 Å². The molecule has 19 heavy (non-hydrogen) atoms. The maximum absolute atomic E-state index is 12.5. The Morgan fingerprint density at radius 2 is 1.47 bits per heavy atom. The number of rotatable bonds is 3. The van der Waals surface area contributed by atoms with Crippen molar-refractivity contribution in [2.24, 2.45) is 5.73 Å². The van der Waals surface area contributed by atoms with Gasteiger partial charge in [-0.3, -0.25) is 20.2 Å². The maximum atomic E-state index is 12.5. The highest BCUT2D eigenvalue weighted by Gasteiger charge is 2.45. The number of halogens is 4. The number of nitro groups is 2. The summed E-state index contributed by atoms with van der Waals surface area (Å²) in [5, 5.41) is 21.2. The summed E-state index contributed by atoms with van der Waals surface area (Å²) in [6.45, 7) is 0. The highest BCUT2D eigenvalue weighted by molar-refractivity contribution is 5.85. The molecule has 11 heteroatoms. The van der Waals surface area contributed by atoms with E-state index in [4.69, 9.17) is 5.73 Å². The van der Waals surface area contributed by atoms with Crippen LogP contribution in [0.25, 0.3) is 0 Å². The number of nitro benzene ring substituents is 2. The van der Waals surface area contributed by atoms with Gasteiger partial charge in [0.15, 0.2) is 0 Å². The van der Waals surface area contributed by atoms with Gasteiger partial charge in [-0.2, -0.15) is 13.2 Å². The van der Waals surface area contributed by atoms with E-state index < -0.39 is 39.0 Å². The summed E-state index contributed by atoms with van der Waals surface area (Å²) in [4.78, 5) is 18.9. The second-order valence-electron chi connectivity index (χ2n) is 3.24. The van der Waals surface area contributed by atoms with Gasteiger partial charge >= 0.3 is 6.18 Å². The molecule has 0 aliphatic heterocycles. The molecule has 0 bridgehead atoms. The average Bonchev–Trinajstić information content (AvgIpc) is 2.25. The summed E-state index contributed by atoms with van der Waals surface area (Å²) in [5.74, 6) is 0. The molecule has 2 N–H and O–H groups in total. The number of hydrogen-bond acceptors (Lipinski definition) is 5. The summed E-state index contributed by atoms with van der Waals surface area (Å²) in [6, 6.07) is -0.412. The summed E-state index contributed by atoms with van der Waals surface area (Å²) >= 11 is 0. The molecule has 0 spiro atoms. The molecule has 7 nitrogen and oxygen atoms in total. The fourth-order valence-electron chi connectivity index (χ4n) is 1.34. The topological polar surface area (TPSA) is 112 Å². The monoisotopic (exact) mass is 301 g/mol. The van der Waals surface area contributed by atoms with Crippen molar-refractivity contribution < 1.29 is 23.0 Å². The van der Waals surface area contributed by atoms with E-state index in [2.05, 4.69) is 0 Å². The predicted molar refractivity (Wildman–Crippen MR) is 60.0 cm³/mol. The van der Waals surface area contributed by atoms with E-state index in [0.717, 1.165) is 18.2 Å². The van der Waals surface area contributed by atoms with Crippen molar-refractivity contribution >= 4 is 23.8 Å². The molecule has 0 fully saturated rings. The molecule has 0 heterocycles. The van der Waals surface area contributed by atoms with Crippen LogP contribution in [0, 0.1) is 20.2 Å². The SMILES string of the molecule is Cl.N[C@H](c1c([N+](=O)[O-])cccc1[N+](=O)[O-])C(F)(F)F. The van der Waals surface area contributed by atoms with Gasteiger partial charge < -0.3 is 5.73 Å². The summed E-state index contributed by atoms with van der Waals surface area (Å²) < 4.78 is 37.4. The molecular weight excluding hydrogens is 295 g/mol. The Hall–Kier alpha value is -1.94. The quantitative estimate of drug-likeness (QED) is 0.680. The first kappa shape index (κ1) is 17.1. The highest BCUT2D eigenvalue weighted by Crippen LogP contribution is 2.40. The van der Waals surface area contributed by atoms with Crippen molar-refractivity contribution in [3.63, 3.8) is 0 Å². The first-order valence-electron chi connectivity index (χ1n) is 4.40. The molecule has 106 valence electrons. The number of benzene rings is 1. The average molecular weight is 302 g/mol. The molecule has 0 saturated heterocycles. The zero-order valence-corrected chi connectivity index (χ0v) is 9.77. The van der Waals surface area contributed by atoms with Crippen LogP contribution in [0.5, 0.6) is 0 Å². The lowest BCUT2D eigenvalue weighted by molar-refractivity contribution is -0.396. The number of nitrogens with zero attached hydrogens (tertiary/aromatic N) is 2. The molecule has 0 saturated carbocycles. The first-order valence-corrected chi connectivity index (χ1v) is 4.40. The van der Waals surface area contributed by atoms with Gasteiger partial charge in [0.2, 0.25) is 0 Å². The van der Waals surface area contributed by atoms with Gasteiger partial charge in [-0.1, -0.05) is 0 Å². The minimum atomic E-state index is -5.02. The summed E-state index contributed by atoms with van der Waals surface area (Å²) in [7, 11) is 0. The fourth-order valence-corrected chi connectivity index (χ4v) is 1.34. The van der Waals surface area contributed by atoms with Gasteiger partial charge in [0, 0.05) is 12.1 Å². The second kappa shape index (κ2) is 5.80. The third kappa shape index (κ3) is 3.51. The highest BCUT2D eigenvalue weighted by atomic mass is 35.5. The Bertz CT molecular complexity index is 476. The maximum Gasteiger partial charge on any atom is 0.408 e. The van der Waals surface area contributed by atoms with Crippen molar-refractivity contribution in [1.29, 1.82) is 0 Å². The molecule has 1 aromatic rings. The number of alkyl halides is 3. The van der Waals surface area contributed by atoms with Gasteiger partial charge in [0.1, 0.15) is 11.6 Å². The van der Waals surface area contributed by atoms with E-state index in [1.54, 1.807) is 0 Å². The molecule has 1 aromatic carbocycles. The third-order valence-electron chi connectivity index (χ3n) is 2.12. The molecule has 0 aliphatic rings. The third-order valence-corrected chi connectivity index (χ3v) is 2.12. The van der Waals surface area contributed by atoms with Gasteiger partial charge in [-0.05, 0) is 6.07 Å². The van der Waals surface area contributed by atoms with Gasteiger partial charge in [0.05, 0.1) is 9.85 Å². The fraction of sp³-hybridized carbons (Fsp3) is 0.250. The number of hydrogen-bond donors (Lipinski definition) is 1. The lowest BCUT2D eigenvalue weighted by Gasteiger charge is -2.15. The predicted octanol–water partition coefficient (Wildman–Crippen LogP) is 2.49. The van der Waals surface area contributed by atoms with Crippen molar-refractivity contribution in [1.82, 2.24) is 0 Å². The van der Waals surface area contributed by atoms with Gasteiger partial charge in [-0.25, -0.2) is 0 Å². The van der Waals surface area contributed by atoms with Gasteiger partial charge in [0.25, 0.3) is 11.4 Å². The van der Waals surface area contributed by atoms with Crippen molar-refractivity contribution in [2.45, 2.75) is 12.2 Å². The molecule has 0 aromatic heterocycles. The van der Waals surface area contributed by atoms with Crippen LogP contribution < -0.4 is 5.73 Å². The Kier molecular flexibility index (Phi) is 5.21. The Balaban J connectivity index is 0.00000324. The van der Waals surface area contributed by atoms with Crippen LogP contribution in [0.2, 0.25) is 0 Å². The van der Waals surface area contributed by atoms with E-state index in [1.165, 1.54) is 0 Å². The van der Waals surface area contributed by atoms with Crippen LogP contribution in [0.15, 0.2) is 18.2 Å². The van der Waals surface area contributed by atoms with Gasteiger partial charge in [-0.15, -0.1) is 12.4 Å².